The third-order valence-electron chi connectivity index (χ3n) is 4.60. The standard InChI is InChI=1S/C20H21N3O5S/c1-13-10-16(14(2)23(13)8-5-15-4-3-9-29-15)17(24)12-28-19(26)11-22-7-6-18(25)21-20(22)27/h3-4,6-7,9-10H,5,8,11-12H2,1-2H3,(H,21,25,27). The highest BCUT2D eigenvalue weighted by molar-refractivity contribution is 7.09. The average Bonchev–Trinajstić information content (AvgIpc) is 3.29. The number of rotatable bonds is 8. The first-order chi connectivity index (χ1) is 13.8. The van der Waals surface area contributed by atoms with Gasteiger partial charge in [-0.25, -0.2) is 4.79 Å². The second kappa shape index (κ2) is 8.87. The van der Waals surface area contributed by atoms with Crippen LogP contribution in [0.3, 0.4) is 0 Å². The van der Waals surface area contributed by atoms with Crippen molar-refractivity contribution in [1.82, 2.24) is 14.1 Å². The zero-order valence-corrected chi connectivity index (χ0v) is 17.0. The van der Waals surface area contributed by atoms with Gasteiger partial charge < -0.3 is 9.30 Å². The van der Waals surface area contributed by atoms with Crippen molar-refractivity contribution in [2.45, 2.75) is 33.4 Å². The fraction of sp³-hybridized carbons (Fsp3) is 0.300. The molecule has 0 spiro atoms. The highest BCUT2D eigenvalue weighted by Crippen LogP contribution is 2.18. The molecule has 0 bridgehead atoms. The van der Waals surface area contributed by atoms with E-state index in [2.05, 4.69) is 10.6 Å². The summed E-state index contributed by atoms with van der Waals surface area (Å²) in [5, 5.41) is 2.04. The molecule has 8 nitrogen and oxygen atoms in total. The van der Waals surface area contributed by atoms with Gasteiger partial charge in [0.05, 0.1) is 0 Å². The second-order valence-electron chi connectivity index (χ2n) is 6.59. The molecule has 0 aliphatic carbocycles. The van der Waals surface area contributed by atoms with Crippen molar-refractivity contribution < 1.29 is 14.3 Å². The molecule has 0 atom stereocenters. The van der Waals surface area contributed by atoms with Crippen LogP contribution in [0.5, 0.6) is 0 Å². The number of aromatic amines is 1. The largest absolute Gasteiger partial charge is 0.456 e. The minimum Gasteiger partial charge on any atom is -0.456 e. The number of Topliss-reactive ketones (excluding diaryl/α,β-unsaturated/α-hetero) is 1. The molecule has 0 saturated heterocycles. The van der Waals surface area contributed by atoms with E-state index in [1.807, 2.05) is 30.3 Å². The van der Waals surface area contributed by atoms with E-state index >= 15 is 0 Å². The molecule has 0 aromatic carbocycles. The lowest BCUT2D eigenvalue weighted by Gasteiger charge is -2.09. The van der Waals surface area contributed by atoms with Gasteiger partial charge >= 0.3 is 11.7 Å². The Morgan fingerprint density at radius 1 is 1.21 bits per heavy atom. The maximum absolute atomic E-state index is 12.5. The van der Waals surface area contributed by atoms with Crippen LogP contribution in [0.25, 0.3) is 0 Å². The molecule has 0 unspecified atom stereocenters. The molecule has 3 aromatic heterocycles. The molecule has 29 heavy (non-hydrogen) atoms. The van der Waals surface area contributed by atoms with Gasteiger partial charge in [0.25, 0.3) is 5.56 Å². The summed E-state index contributed by atoms with van der Waals surface area (Å²) >= 11 is 1.70. The fourth-order valence-corrected chi connectivity index (χ4v) is 3.78. The summed E-state index contributed by atoms with van der Waals surface area (Å²) in [5.74, 6) is -1.04. The lowest BCUT2D eigenvalue weighted by molar-refractivity contribution is -0.143. The Morgan fingerprint density at radius 2 is 2.00 bits per heavy atom. The number of thiophene rings is 1. The van der Waals surface area contributed by atoms with Gasteiger partial charge in [0.15, 0.2) is 6.61 Å². The number of carbonyl (C=O) groups excluding carboxylic acids is 2. The van der Waals surface area contributed by atoms with Crippen LogP contribution in [-0.4, -0.2) is 32.5 Å². The number of ketones is 1. The summed E-state index contributed by atoms with van der Waals surface area (Å²) in [4.78, 5) is 50.4. The molecule has 9 heteroatoms. The normalized spacial score (nSPS) is 10.8. The molecule has 0 saturated carbocycles. The third-order valence-corrected chi connectivity index (χ3v) is 5.53. The van der Waals surface area contributed by atoms with Gasteiger partial charge in [0.2, 0.25) is 5.78 Å². The quantitative estimate of drug-likeness (QED) is 0.445. The van der Waals surface area contributed by atoms with E-state index in [1.54, 1.807) is 17.4 Å². The molecule has 0 radical (unpaired) electrons. The number of ether oxygens (including phenoxy) is 1. The summed E-state index contributed by atoms with van der Waals surface area (Å²) in [6, 6.07) is 7.02. The second-order valence-corrected chi connectivity index (χ2v) is 7.62. The summed E-state index contributed by atoms with van der Waals surface area (Å²) in [5.41, 5.74) is 1.05. The first-order valence-electron chi connectivity index (χ1n) is 9.03. The molecular formula is C20H21N3O5S. The number of nitrogens with one attached hydrogen (secondary N) is 1. The molecule has 0 amide bonds. The van der Waals surface area contributed by atoms with Crippen LogP contribution in [0, 0.1) is 13.8 Å². The van der Waals surface area contributed by atoms with Crippen molar-refractivity contribution in [3.63, 3.8) is 0 Å². The highest BCUT2D eigenvalue weighted by atomic mass is 32.1. The van der Waals surface area contributed by atoms with E-state index in [0.29, 0.717) is 5.56 Å². The SMILES string of the molecule is Cc1cc(C(=O)COC(=O)Cn2ccc(=O)[nH]c2=O)c(C)n1CCc1cccs1. The van der Waals surface area contributed by atoms with E-state index in [4.69, 9.17) is 4.74 Å². The van der Waals surface area contributed by atoms with Crippen LogP contribution in [0.4, 0.5) is 0 Å². The molecular weight excluding hydrogens is 394 g/mol. The van der Waals surface area contributed by atoms with Gasteiger partial charge in [0.1, 0.15) is 6.54 Å². The molecule has 3 rings (SSSR count). The van der Waals surface area contributed by atoms with Gasteiger partial charge in [-0.15, -0.1) is 11.3 Å². The molecule has 0 fully saturated rings. The monoisotopic (exact) mass is 415 g/mol. The smallest absolute Gasteiger partial charge is 0.328 e. The molecule has 1 N–H and O–H groups in total. The van der Waals surface area contributed by atoms with E-state index in [-0.39, 0.29) is 12.3 Å². The van der Waals surface area contributed by atoms with Crippen molar-refractivity contribution >= 4 is 23.1 Å². The van der Waals surface area contributed by atoms with Crippen molar-refractivity contribution in [2.75, 3.05) is 6.61 Å². The maximum Gasteiger partial charge on any atom is 0.328 e. The Bertz CT molecular complexity index is 1140. The van der Waals surface area contributed by atoms with Crippen LogP contribution in [-0.2, 0) is 29.0 Å². The highest BCUT2D eigenvalue weighted by Gasteiger charge is 2.17. The van der Waals surface area contributed by atoms with Crippen molar-refractivity contribution in [2.24, 2.45) is 0 Å². The minimum absolute atomic E-state index is 0.303. The Balaban J connectivity index is 1.60. The van der Waals surface area contributed by atoms with E-state index in [0.717, 1.165) is 35.0 Å². The first kappa shape index (κ1) is 20.5. The van der Waals surface area contributed by atoms with Crippen molar-refractivity contribution in [3.05, 3.63) is 78.5 Å². The molecule has 0 aliphatic heterocycles. The van der Waals surface area contributed by atoms with Gasteiger partial charge in [0, 0.05) is 40.6 Å². The lowest BCUT2D eigenvalue weighted by Crippen LogP contribution is -2.31. The predicted molar refractivity (Wildman–Crippen MR) is 109 cm³/mol. The predicted octanol–water partition coefficient (Wildman–Crippen LogP) is 1.69. The Morgan fingerprint density at radius 3 is 2.69 bits per heavy atom. The average molecular weight is 415 g/mol. The lowest BCUT2D eigenvalue weighted by atomic mass is 10.1. The van der Waals surface area contributed by atoms with Crippen LogP contribution < -0.4 is 11.2 Å². The minimum atomic E-state index is -0.737. The molecule has 0 aliphatic rings. The number of hydrogen-bond donors (Lipinski definition) is 1. The number of hydrogen-bond acceptors (Lipinski definition) is 6. The van der Waals surface area contributed by atoms with Crippen molar-refractivity contribution in [1.29, 1.82) is 0 Å². The van der Waals surface area contributed by atoms with Crippen LogP contribution in [0.1, 0.15) is 26.6 Å². The van der Waals surface area contributed by atoms with Gasteiger partial charge in [-0.3, -0.25) is 23.9 Å². The number of aromatic nitrogens is 3. The number of aryl methyl sites for hydroxylation is 2. The van der Waals surface area contributed by atoms with Crippen LogP contribution in [0.2, 0.25) is 0 Å². The first-order valence-corrected chi connectivity index (χ1v) is 9.91. The fourth-order valence-electron chi connectivity index (χ4n) is 3.08. The Hall–Kier alpha value is -3.20. The number of esters is 1. The van der Waals surface area contributed by atoms with Crippen LogP contribution >= 0.6 is 11.3 Å². The zero-order chi connectivity index (χ0) is 21.0. The topological polar surface area (TPSA) is 103 Å². The molecule has 3 aromatic rings. The Labute approximate surface area is 170 Å². The maximum atomic E-state index is 12.5. The van der Waals surface area contributed by atoms with Gasteiger partial charge in [-0.2, -0.15) is 0 Å². The summed E-state index contributed by atoms with van der Waals surface area (Å²) < 4.78 is 8.11. The van der Waals surface area contributed by atoms with Crippen molar-refractivity contribution in [3.8, 4) is 0 Å². The van der Waals surface area contributed by atoms with E-state index in [9.17, 15) is 19.2 Å². The number of H-pyrrole nitrogens is 1. The third kappa shape index (κ3) is 5.00. The number of nitrogens with zero attached hydrogens (tertiary/aromatic N) is 2. The van der Waals surface area contributed by atoms with Crippen LogP contribution in [0.15, 0.2) is 45.4 Å². The number of carbonyl (C=O) groups is 2. The Kier molecular flexibility index (Phi) is 6.28. The summed E-state index contributed by atoms with van der Waals surface area (Å²) in [6.45, 7) is 3.78. The summed E-state index contributed by atoms with van der Waals surface area (Å²) in [6.07, 6.45) is 2.08. The van der Waals surface area contributed by atoms with Gasteiger partial charge in [-0.1, -0.05) is 6.07 Å². The zero-order valence-electron chi connectivity index (χ0n) is 16.1. The van der Waals surface area contributed by atoms with Gasteiger partial charge in [-0.05, 0) is 37.8 Å². The van der Waals surface area contributed by atoms with E-state index < -0.39 is 23.8 Å². The van der Waals surface area contributed by atoms with E-state index in [1.165, 1.54) is 11.1 Å². The molecule has 152 valence electrons. The molecule has 3 heterocycles. The summed E-state index contributed by atoms with van der Waals surface area (Å²) in [7, 11) is 0.